The van der Waals surface area contributed by atoms with Crippen LogP contribution in [0.25, 0.3) is 55.0 Å². The van der Waals surface area contributed by atoms with Gasteiger partial charge in [0, 0.05) is 27.2 Å². The van der Waals surface area contributed by atoms with Crippen molar-refractivity contribution in [2.45, 2.75) is 12.4 Å². The fourth-order valence-corrected chi connectivity index (χ4v) is 6.23. The minimum absolute atomic E-state index is 0.0387. The molecule has 46 heavy (non-hydrogen) atoms. The predicted octanol–water partition coefficient (Wildman–Crippen LogP) is 9.53. The van der Waals surface area contributed by atoms with E-state index in [0.29, 0.717) is 44.3 Å². The molecule has 0 aliphatic rings. The van der Waals surface area contributed by atoms with Crippen molar-refractivity contribution in [2.75, 3.05) is 0 Å². The number of fused-ring (bicyclic) bond motifs is 7. The highest BCUT2D eigenvalue weighted by molar-refractivity contribution is 6.26. The zero-order chi connectivity index (χ0) is 32.5. The first kappa shape index (κ1) is 28.5. The lowest BCUT2D eigenvalue weighted by atomic mass is 10.0. The van der Waals surface area contributed by atoms with Gasteiger partial charge in [0.25, 0.3) is 0 Å². The SMILES string of the molecule is N#Cc1cc(C#N)cc(-n2c3ccccc3c3c2ccc2c4ccccc4n(-c4c(C#N)cc(C(F)(F)F)cc4C(F)(F)F)c23)c1. The first-order chi connectivity index (χ1) is 22.0. The van der Waals surface area contributed by atoms with E-state index in [1.54, 1.807) is 83.4 Å². The van der Waals surface area contributed by atoms with Crippen molar-refractivity contribution in [3.8, 4) is 29.6 Å². The van der Waals surface area contributed by atoms with E-state index >= 15 is 0 Å². The molecular formula is C35H15F6N5. The Kier molecular flexibility index (Phi) is 6.13. The quantitative estimate of drug-likeness (QED) is 0.181. The van der Waals surface area contributed by atoms with E-state index < -0.39 is 34.7 Å². The molecule has 0 atom stereocenters. The summed E-state index contributed by atoms with van der Waals surface area (Å²) in [6.45, 7) is 0. The highest BCUT2D eigenvalue weighted by Crippen LogP contribution is 2.46. The summed E-state index contributed by atoms with van der Waals surface area (Å²) >= 11 is 0. The van der Waals surface area contributed by atoms with Gasteiger partial charge >= 0.3 is 12.4 Å². The highest BCUT2D eigenvalue weighted by atomic mass is 19.4. The molecule has 2 heterocycles. The van der Waals surface area contributed by atoms with Gasteiger partial charge in [-0.1, -0.05) is 42.5 Å². The Bertz CT molecular complexity index is 2510. The van der Waals surface area contributed by atoms with Crippen molar-refractivity contribution in [1.82, 2.24) is 9.13 Å². The normalized spacial score (nSPS) is 12.1. The number of nitriles is 3. The monoisotopic (exact) mass is 619 g/mol. The molecule has 5 nitrogen and oxygen atoms in total. The lowest BCUT2D eigenvalue weighted by Crippen LogP contribution is -2.16. The van der Waals surface area contributed by atoms with E-state index in [2.05, 4.69) is 0 Å². The van der Waals surface area contributed by atoms with Crippen LogP contribution in [-0.4, -0.2) is 9.13 Å². The fraction of sp³-hybridized carbons (Fsp3) is 0.0571. The standard InChI is InChI=1S/C35H15F6N5/c36-34(37,38)22-14-21(18-44)32(27(15-22)35(39,40)41)46-28-7-3-1-5-24(28)25-9-10-30-31(33(25)46)26-6-2-4-8-29(26)45(30)23-12-19(16-42)11-20(13-23)17-43/h1-15H. The van der Waals surface area contributed by atoms with E-state index in [-0.39, 0.29) is 28.2 Å². The lowest BCUT2D eigenvalue weighted by Gasteiger charge is -2.20. The number of rotatable bonds is 2. The Hall–Kier alpha value is -6.25. The largest absolute Gasteiger partial charge is 0.418 e. The van der Waals surface area contributed by atoms with Crippen LogP contribution in [0.2, 0.25) is 0 Å². The van der Waals surface area contributed by atoms with Crippen LogP contribution < -0.4 is 0 Å². The molecule has 0 saturated carbocycles. The van der Waals surface area contributed by atoms with Gasteiger partial charge in [-0.25, -0.2) is 0 Å². The van der Waals surface area contributed by atoms with Gasteiger partial charge in [-0.05, 0) is 48.5 Å². The van der Waals surface area contributed by atoms with Crippen molar-refractivity contribution in [3.05, 3.63) is 119 Å². The Morgan fingerprint density at radius 1 is 0.543 bits per heavy atom. The summed E-state index contributed by atoms with van der Waals surface area (Å²) < 4.78 is 88.5. The van der Waals surface area contributed by atoms with Crippen LogP contribution in [0.4, 0.5) is 26.3 Å². The summed E-state index contributed by atoms with van der Waals surface area (Å²) in [6.07, 6.45) is -10.4. The van der Waals surface area contributed by atoms with Gasteiger partial charge in [0.15, 0.2) is 0 Å². The van der Waals surface area contributed by atoms with E-state index in [1.807, 2.05) is 12.1 Å². The predicted molar refractivity (Wildman–Crippen MR) is 159 cm³/mol. The van der Waals surface area contributed by atoms with E-state index in [9.17, 15) is 42.1 Å². The van der Waals surface area contributed by atoms with Gasteiger partial charge in [0.05, 0.1) is 67.7 Å². The van der Waals surface area contributed by atoms with Gasteiger partial charge in [-0.3, -0.25) is 0 Å². The van der Waals surface area contributed by atoms with E-state index in [4.69, 9.17) is 0 Å². The van der Waals surface area contributed by atoms with Crippen LogP contribution in [0.1, 0.15) is 27.8 Å². The summed E-state index contributed by atoms with van der Waals surface area (Å²) in [5, 5.41) is 31.4. The molecule has 0 unspecified atom stereocenters. The van der Waals surface area contributed by atoms with Crippen molar-refractivity contribution in [3.63, 3.8) is 0 Å². The lowest BCUT2D eigenvalue weighted by molar-refractivity contribution is -0.143. The summed E-state index contributed by atoms with van der Waals surface area (Å²) in [6, 6.07) is 27.8. The third-order valence-corrected chi connectivity index (χ3v) is 7.99. The average Bonchev–Trinajstić information content (AvgIpc) is 3.55. The Morgan fingerprint density at radius 3 is 1.74 bits per heavy atom. The number of nitrogens with zero attached hydrogens (tertiary/aromatic N) is 5. The molecule has 0 fully saturated rings. The van der Waals surface area contributed by atoms with Gasteiger partial charge in [0.2, 0.25) is 0 Å². The Labute approximate surface area is 255 Å². The number of hydrogen-bond acceptors (Lipinski definition) is 3. The molecular weight excluding hydrogens is 604 g/mol. The van der Waals surface area contributed by atoms with Crippen LogP contribution in [0, 0.1) is 34.0 Å². The molecule has 5 aromatic carbocycles. The number of benzene rings is 5. The smallest absolute Gasteiger partial charge is 0.309 e. The van der Waals surface area contributed by atoms with Gasteiger partial charge < -0.3 is 9.13 Å². The summed E-state index contributed by atoms with van der Waals surface area (Å²) in [5.41, 5.74) is -2.25. The molecule has 0 aliphatic heterocycles. The molecule has 7 rings (SSSR count). The van der Waals surface area contributed by atoms with Gasteiger partial charge in [0.1, 0.15) is 6.07 Å². The van der Waals surface area contributed by atoms with Gasteiger partial charge in [-0.2, -0.15) is 42.1 Å². The van der Waals surface area contributed by atoms with Crippen molar-refractivity contribution < 1.29 is 26.3 Å². The van der Waals surface area contributed by atoms with Crippen molar-refractivity contribution in [1.29, 1.82) is 15.8 Å². The maximum absolute atomic E-state index is 14.7. The Balaban J connectivity index is 1.74. The molecule has 0 saturated heterocycles. The average molecular weight is 620 g/mol. The topological polar surface area (TPSA) is 81.2 Å². The summed E-state index contributed by atoms with van der Waals surface area (Å²) in [4.78, 5) is 0. The van der Waals surface area contributed by atoms with Gasteiger partial charge in [-0.15, -0.1) is 0 Å². The minimum Gasteiger partial charge on any atom is -0.309 e. The van der Waals surface area contributed by atoms with Crippen molar-refractivity contribution >= 4 is 43.6 Å². The molecule has 2 aromatic heterocycles. The maximum atomic E-state index is 14.7. The number of aromatic nitrogens is 2. The number of alkyl halides is 6. The molecule has 0 spiro atoms. The number of para-hydroxylation sites is 2. The second-order valence-corrected chi connectivity index (χ2v) is 10.6. The maximum Gasteiger partial charge on any atom is 0.418 e. The van der Waals surface area contributed by atoms with Crippen LogP contribution in [0.3, 0.4) is 0 Å². The molecule has 0 N–H and O–H groups in total. The minimum atomic E-state index is -5.26. The molecule has 222 valence electrons. The van der Waals surface area contributed by atoms with Crippen molar-refractivity contribution in [2.24, 2.45) is 0 Å². The second-order valence-electron chi connectivity index (χ2n) is 10.6. The van der Waals surface area contributed by atoms with Crippen LogP contribution in [0.5, 0.6) is 0 Å². The molecule has 7 aromatic rings. The first-order valence-electron chi connectivity index (χ1n) is 13.6. The molecule has 11 heteroatoms. The van der Waals surface area contributed by atoms with Crippen LogP contribution in [0.15, 0.2) is 91.0 Å². The second kappa shape index (κ2) is 9.88. The number of halogens is 6. The molecule has 0 bridgehead atoms. The van der Waals surface area contributed by atoms with Crippen LogP contribution >= 0.6 is 0 Å². The summed E-state index contributed by atoms with van der Waals surface area (Å²) in [5.74, 6) is 0. The third kappa shape index (κ3) is 4.16. The van der Waals surface area contributed by atoms with E-state index in [1.165, 1.54) is 10.6 Å². The Morgan fingerprint density at radius 2 is 1.15 bits per heavy atom. The molecule has 0 radical (unpaired) electrons. The zero-order valence-electron chi connectivity index (χ0n) is 23.2. The van der Waals surface area contributed by atoms with Crippen LogP contribution in [-0.2, 0) is 12.4 Å². The fourth-order valence-electron chi connectivity index (χ4n) is 6.23. The first-order valence-corrected chi connectivity index (χ1v) is 13.6. The number of hydrogen-bond donors (Lipinski definition) is 0. The third-order valence-electron chi connectivity index (χ3n) is 7.99. The highest BCUT2D eigenvalue weighted by Gasteiger charge is 2.41. The molecule has 0 amide bonds. The summed E-state index contributed by atoms with van der Waals surface area (Å²) in [7, 11) is 0. The zero-order valence-corrected chi connectivity index (χ0v) is 23.2. The van der Waals surface area contributed by atoms with E-state index in [0.717, 1.165) is 0 Å². The molecule has 0 aliphatic carbocycles.